The second-order valence-electron chi connectivity index (χ2n) is 5.84. The average Bonchev–Trinajstić information content (AvgIpc) is 2.52. The third-order valence-corrected chi connectivity index (χ3v) is 4.10. The van der Waals surface area contributed by atoms with Gasteiger partial charge in [0.25, 0.3) is 0 Å². The van der Waals surface area contributed by atoms with Crippen molar-refractivity contribution in [3.63, 3.8) is 0 Å². The maximum absolute atomic E-state index is 5.70. The van der Waals surface area contributed by atoms with Gasteiger partial charge in [-0.1, -0.05) is 49.6 Å². The fourth-order valence-electron chi connectivity index (χ4n) is 2.91. The number of nitrogens with one attached hydrogen (secondary N) is 1. The number of hydrogen-bond acceptors (Lipinski definition) is 2. The second-order valence-corrected chi connectivity index (χ2v) is 5.84. The van der Waals surface area contributed by atoms with E-state index in [1.54, 1.807) is 0 Å². The summed E-state index contributed by atoms with van der Waals surface area (Å²) in [5.41, 5.74) is 1.41. The molecular weight excluding hydrogens is 246 g/mol. The van der Waals surface area contributed by atoms with Crippen LogP contribution < -0.4 is 5.32 Å². The molecule has 1 saturated carbocycles. The maximum atomic E-state index is 5.70. The van der Waals surface area contributed by atoms with Crippen LogP contribution in [0, 0.1) is 0 Å². The van der Waals surface area contributed by atoms with Gasteiger partial charge in [0, 0.05) is 19.3 Å². The SMILES string of the molecule is c1ccc(CCCOCCCNC2CCCCC2)cc1. The molecule has 0 saturated heterocycles. The molecule has 0 heterocycles. The number of aryl methyl sites for hydroxylation is 1. The molecular formula is C18H29NO. The van der Waals surface area contributed by atoms with Gasteiger partial charge in [0.15, 0.2) is 0 Å². The van der Waals surface area contributed by atoms with E-state index in [0.29, 0.717) is 0 Å². The third-order valence-electron chi connectivity index (χ3n) is 4.10. The molecule has 0 spiro atoms. The second kappa shape index (κ2) is 9.95. The van der Waals surface area contributed by atoms with E-state index in [2.05, 4.69) is 35.6 Å². The van der Waals surface area contributed by atoms with Gasteiger partial charge >= 0.3 is 0 Å². The minimum absolute atomic E-state index is 0.779. The van der Waals surface area contributed by atoms with E-state index in [4.69, 9.17) is 4.74 Å². The van der Waals surface area contributed by atoms with Crippen molar-refractivity contribution in [3.8, 4) is 0 Å². The molecule has 2 nitrogen and oxygen atoms in total. The van der Waals surface area contributed by atoms with Gasteiger partial charge in [0.2, 0.25) is 0 Å². The van der Waals surface area contributed by atoms with Crippen LogP contribution in [0.15, 0.2) is 30.3 Å². The summed E-state index contributed by atoms with van der Waals surface area (Å²) in [4.78, 5) is 0. The van der Waals surface area contributed by atoms with Gasteiger partial charge in [-0.15, -0.1) is 0 Å². The standard InChI is InChI=1S/C18H29NO/c1-3-9-17(10-4-1)11-7-15-20-16-8-14-19-18-12-5-2-6-13-18/h1,3-4,9-10,18-19H,2,5-8,11-16H2. The zero-order chi connectivity index (χ0) is 13.9. The highest BCUT2D eigenvalue weighted by atomic mass is 16.5. The molecule has 0 amide bonds. The molecule has 2 rings (SSSR count). The van der Waals surface area contributed by atoms with Crippen LogP contribution in [-0.4, -0.2) is 25.8 Å². The first-order valence-corrected chi connectivity index (χ1v) is 8.30. The fourth-order valence-corrected chi connectivity index (χ4v) is 2.91. The van der Waals surface area contributed by atoms with Gasteiger partial charge in [-0.3, -0.25) is 0 Å². The first-order chi connectivity index (χ1) is 9.95. The summed E-state index contributed by atoms with van der Waals surface area (Å²) >= 11 is 0. The topological polar surface area (TPSA) is 21.3 Å². The quantitative estimate of drug-likeness (QED) is 0.689. The molecule has 1 aliphatic rings. The van der Waals surface area contributed by atoms with Gasteiger partial charge in [-0.2, -0.15) is 0 Å². The van der Waals surface area contributed by atoms with Crippen LogP contribution in [-0.2, 0) is 11.2 Å². The summed E-state index contributed by atoms with van der Waals surface area (Å²) in [6, 6.07) is 11.4. The highest BCUT2D eigenvalue weighted by Crippen LogP contribution is 2.17. The number of hydrogen-bond donors (Lipinski definition) is 1. The predicted octanol–water partition coefficient (Wildman–Crippen LogP) is 3.95. The Morgan fingerprint density at radius 2 is 1.70 bits per heavy atom. The van der Waals surface area contributed by atoms with Crippen molar-refractivity contribution in [1.29, 1.82) is 0 Å². The van der Waals surface area contributed by atoms with Crippen LogP contribution in [0.1, 0.15) is 50.5 Å². The van der Waals surface area contributed by atoms with Crippen molar-refractivity contribution in [3.05, 3.63) is 35.9 Å². The first-order valence-electron chi connectivity index (χ1n) is 8.30. The highest BCUT2D eigenvalue weighted by molar-refractivity contribution is 5.14. The Morgan fingerprint density at radius 3 is 2.50 bits per heavy atom. The van der Waals surface area contributed by atoms with Gasteiger partial charge in [0.05, 0.1) is 0 Å². The first kappa shape index (κ1) is 15.5. The monoisotopic (exact) mass is 275 g/mol. The number of ether oxygens (including phenoxy) is 1. The number of benzene rings is 1. The lowest BCUT2D eigenvalue weighted by molar-refractivity contribution is 0.128. The molecule has 0 aliphatic heterocycles. The molecule has 0 unspecified atom stereocenters. The minimum Gasteiger partial charge on any atom is -0.381 e. The van der Waals surface area contributed by atoms with Crippen LogP contribution in [0.25, 0.3) is 0 Å². The van der Waals surface area contributed by atoms with Crippen molar-refractivity contribution < 1.29 is 4.74 Å². The summed E-state index contributed by atoms with van der Waals surface area (Å²) in [7, 11) is 0. The molecule has 1 aromatic rings. The fraction of sp³-hybridized carbons (Fsp3) is 0.667. The van der Waals surface area contributed by atoms with Gasteiger partial charge in [-0.25, -0.2) is 0 Å². The lowest BCUT2D eigenvalue weighted by atomic mass is 9.95. The molecule has 1 aromatic carbocycles. The third kappa shape index (κ3) is 6.53. The van der Waals surface area contributed by atoms with Crippen molar-refractivity contribution in [2.75, 3.05) is 19.8 Å². The van der Waals surface area contributed by atoms with Gasteiger partial charge in [-0.05, 0) is 44.2 Å². The summed E-state index contributed by atoms with van der Waals surface area (Å²) in [6.07, 6.45) is 10.4. The summed E-state index contributed by atoms with van der Waals surface area (Å²) in [5.74, 6) is 0. The van der Waals surface area contributed by atoms with Crippen molar-refractivity contribution in [1.82, 2.24) is 5.32 Å². The molecule has 0 radical (unpaired) electrons. The van der Waals surface area contributed by atoms with Crippen LogP contribution in [0.2, 0.25) is 0 Å². The molecule has 0 atom stereocenters. The largest absolute Gasteiger partial charge is 0.381 e. The molecule has 112 valence electrons. The van der Waals surface area contributed by atoms with E-state index < -0.39 is 0 Å². The summed E-state index contributed by atoms with van der Waals surface area (Å²) < 4.78 is 5.70. The van der Waals surface area contributed by atoms with Crippen molar-refractivity contribution >= 4 is 0 Å². The Morgan fingerprint density at radius 1 is 0.950 bits per heavy atom. The Labute approximate surface area is 123 Å². The average molecular weight is 275 g/mol. The molecule has 20 heavy (non-hydrogen) atoms. The van der Waals surface area contributed by atoms with Crippen LogP contribution in [0.3, 0.4) is 0 Å². The summed E-state index contributed by atoms with van der Waals surface area (Å²) in [6.45, 7) is 2.90. The van der Waals surface area contributed by atoms with Gasteiger partial charge < -0.3 is 10.1 Å². The molecule has 0 bridgehead atoms. The highest BCUT2D eigenvalue weighted by Gasteiger charge is 2.11. The minimum atomic E-state index is 0.779. The van der Waals surface area contributed by atoms with E-state index >= 15 is 0 Å². The van der Waals surface area contributed by atoms with Crippen molar-refractivity contribution in [2.24, 2.45) is 0 Å². The molecule has 1 fully saturated rings. The number of rotatable bonds is 9. The smallest absolute Gasteiger partial charge is 0.0478 e. The van der Waals surface area contributed by atoms with Crippen molar-refractivity contribution in [2.45, 2.75) is 57.4 Å². The Kier molecular flexibility index (Phi) is 7.73. The Hall–Kier alpha value is -0.860. The zero-order valence-electron chi connectivity index (χ0n) is 12.7. The van der Waals surface area contributed by atoms with E-state index in [9.17, 15) is 0 Å². The molecule has 0 aromatic heterocycles. The van der Waals surface area contributed by atoms with E-state index in [0.717, 1.165) is 45.1 Å². The molecule has 2 heteroatoms. The van der Waals surface area contributed by atoms with Crippen LogP contribution >= 0.6 is 0 Å². The molecule has 1 N–H and O–H groups in total. The van der Waals surface area contributed by atoms with Crippen LogP contribution in [0.5, 0.6) is 0 Å². The van der Waals surface area contributed by atoms with E-state index in [1.165, 1.54) is 37.7 Å². The summed E-state index contributed by atoms with van der Waals surface area (Å²) in [5, 5.41) is 3.66. The van der Waals surface area contributed by atoms with E-state index in [-0.39, 0.29) is 0 Å². The normalized spacial score (nSPS) is 16.4. The Balaban J connectivity index is 1.38. The maximum Gasteiger partial charge on any atom is 0.0478 e. The Bertz CT molecular complexity index is 333. The van der Waals surface area contributed by atoms with Gasteiger partial charge in [0.1, 0.15) is 0 Å². The van der Waals surface area contributed by atoms with Crippen LogP contribution in [0.4, 0.5) is 0 Å². The van der Waals surface area contributed by atoms with E-state index in [1.807, 2.05) is 0 Å². The predicted molar refractivity (Wildman–Crippen MR) is 85.1 cm³/mol. The lowest BCUT2D eigenvalue weighted by Gasteiger charge is -2.22. The zero-order valence-corrected chi connectivity index (χ0v) is 12.7. The molecule has 1 aliphatic carbocycles. The lowest BCUT2D eigenvalue weighted by Crippen LogP contribution is -2.32.